The molecule has 19 heavy (non-hydrogen) atoms. The summed E-state index contributed by atoms with van der Waals surface area (Å²) in [6.07, 6.45) is 0. The van der Waals surface area contributed by atoms with Crippen molar-refractivity contribution in [2.24, 2.45) is 11.0 Å². The Labute approximate surface area is 114 Å². The highest BCUT2D eigenvalue weighted by molar-refractivity contribution is 7.92. The molecule has 0 spiro atoms. The third-order valence-corrected chi connectivity index (χ3v) is 3.83. The molecular formula is C10H12ClN3O4S. The van der Waals surface area contributed by atoms with Gasteiger partial charge in [-0.05, 0) is 12.1 Å². The van der Waals surface area contributed by atoms with Gasteiger partial charge in [0.1, 0.15) is 11.5 Å². The Balaban J connectivity index is 2.89. The highest BCUT2D eigenvalue weighted by Crippen LogP contribution is 2.11. The van der Waals surface area contributed by atoms with Crippen molar-refractivity contribution < 1.29 is 18.4 Å². The minimum atomic E-state index is -3.78. The standard InChI is InChI=1S/C10H12ClN3O4S/c11-8-3-1-7(2-4-8)9(14-16)5-19(17,18)6-10(15)13-12/h1-4,16H,5-6,12H2,(H,13,15)/b14-9-. The van der Waals surface area contributed by atoms with Gasteiger partial charge in [-0.3, -0.25) is 10.2 Å². The Hall–Kier alpha value is -1.64. The molecule has 7 nitrogen and oxygen atoms in total. The van der Waals surface area contributed by atoms with E-state index in [1.807, 2.05) is 0 Å². The topological polar surface area (TPSA) is 122 Å². The Morgan fingerprint density at radius 2 is 1.89 bits per heavy atom. The molecule has 0 aliphatic carbocycles. The molecule has 104 valence electrons. The number of halogens is 1. The summed E-state index contributed by atoms with van der Waals surface area (Å²) in [5.74, 6) is 2.61. The summed E-state index contributed by atoms with van der Waals surface area (Å²) in [6, 6.07) is 6.08. The number of nitrogens with one attached hydrogen (secondary N) is 1. The van der Waals surface area contributed by atoms with Crippen molar-refractivity contribution >= 4 is 33.1 Å². The fourth-order valence-electron chi connectivity index (χ4n) is 1.31. The lowest BCUT2D eigenvalue weighted by molar-refractivity contribution is -0.118. The number of carbonyl (C=O) groups is 1. The molecular weight excluding hydrogens is 294 g/mol. The van der Waals surface area contributed by atoms with Crippen LogP contribution in [0.1, 0.15) is 5.56 Å². The van der Waals surface area contributed by atoms with Gasteiger partial charge in [-0.15, -0.1) is 0 Å². The third-order valence-electron chi connectivity index (χ3n) is 2.17. The molecule has 9 heteroatoms. The second kappa shape index (κ2) is 6.50. The maximum atomic E-state index is 11.7. The molecule has 0 aliphatic heterocycles. The van der Waals surface area contributed by atoms with Gasteiger partial charge in [0.15, 0.2) is 9.84 Å². The smallest absolute Gasteiger partial charge is 0.249 e. The van der Waals surface area contributed by atoms with Gasteiger partial charge in [-0.2, -0.15) is 0 Å². The van der Waals surface area contributed by atoms with Gasteiger partial charge < -0.3 is 5.21 Å². The van der Waals surface area contributed by atoms with Gasteiger partial charge in [0, 0.05) is 10.6 Å². The van der Waals surface area contributed by atoms with E-state index in [4.69, 9.17) is 22.7 Å². The van der Waals surface area contributed by atoms with Crippen LogP contribution in [-0.4, -0.2) is 36.7 Å². The number of carbonyl (C=O) groups excluding carboxylic acids is 1. The molecule has 0 fully saturated rings. The molecule has 1 amide bonds. The number of nitrogens with zero attached hydrogens (tertiary/aromatic N) is 1. The lowest BCUT2D eigenvalue weighted by atomic mass is 10.1. The molecule has 0 atom stereocenters. The molecule has 1 rings (SSSR count). The second-order valence-corrected chi connectivity index (χ2v) is 6.15. The first-order valence-corrected chi connectivity index (χ1v) is 7.24. The molecule has 1 aromatic carbocycles. The number of oxime groups is 1. The average molecular weight is 306 g/mol. The van der Waals surface area contributed by atoms with E-state index in [0.29, 0.717) is 10.6 Å². The maximum absolute atomic E-state index is 11.7. The molecule has 0 aromatic heterocycles. The van der Waals surface area contributed by atoms with Crippen molar-refractivity contribution in [3.05, 3.63) is 34.9 Å². The zero-order valence-electron chi connectivity index (χ0n) is 9.71. The first-order valence-electron chi connectivity index (χ1n) is 5.04. The lowest BCUT2D eigenvalue weighted by Crippen LogP contribution is -2.37. The summed E-state index contributed by atoms with van der Waals surface area (Å²) in [6.45, 7) is 0. The zero-order chi connectivity index (χ0) is 14.5. The van der Waals surface area contributed by atoms with Crippen molar-refractivity contribution in [1.29, 1.82) is 0 Å². The van der Waals surface area contributed by atoms with Crippen LogP contribution in [0.4, 0.5) is 0 Å². The summed E-state index contributed by atoms with van der Waals surface area (Å²) in [7, 11) is -3.78. The van der Waals surface area contributed by atoms with Crippen molar-refractivity contribution in [1.82, 2.24) is 5.43 Å². The predicted molar refractivity (Wildman–Crippen MR) is 70.8 cm³/mol. The molecule has 0 saturated carbocycles. The van der Waals surface area contributed by atoms with Gasteiger partial charge in [0.05, 0.1) is 5.75 Å². The Kier molecular flexibility index (Phi) is 5.28. The highest BCUT2D eigenvalue weighted by atomic mass is 35.5. The van der Waals surface area contributed by atoms with Gasteiger partial charge in [-0.25, -0.2) is 14.3 Å². The van der Waals surface area contributed by atoms with Crippen LogP contribution < -0.4 is 11.3 Å². The van der Waals surface area contributed by atoms with Crippen molar-refractivity contribution in [3.8, 4) is 0 Å². The van der Waals surface area contributed by atoms with Crippen LogP contribution in [0, 0.1) is 0 Å². The Morgan fingerprint density at radius 1 is 1.32 bits per heavy atom. The van der Waals surface area contributed by atoms with Crippen molar-refractivity contribution in [2.45, 2.75) is 0 Å². The van der Waals surface area contributed by atoms with Crippen LogP contribution in [0.5, 0.6) is 0 Å². The van der Waals surface area contributed by atoms with Crippen molar-refractivity contribution in [3.63, 3.8) is 0 Å². The van der Waals surface area contributed by atoms with E-state index >= 15 is 0 Å². The fraction of sp³-hybridized carbons (Fsp3) is 0.200. The highest BCUT2D eigenvalue weighted by Gasteiger charge is 2.20. The Bertz CT molecular complexity index is 583. The van der Waals surface area contributed by atoms with E-state index in [2.05, 4.69) is 5.16 Å². The van der Waals surface area contributed by atoms with Crippen LogP contribution in [0.2, 0.25) is 5.02 Å². The summed E-state index contributed by atoms with van der Waals surface area (Å²) in [4.78, 5) is 10.9. The summed E-state index contributed by atoms with van der Waals surface area (Å²) >= 11 is 5.69. The number of nitrogens with two attached hydrogens (primary N) is 1. The van der Waals surface area contributed by atoms with E-state index < -0.39 is 27.3 Å². The monoisotopic (exact) mass is 305 g/mol. The van der Waals surface area contributed by atoms with E-state index in [-0.39, 0.29) is 5.71 Å². The molecule has 0 saturated heterocycles. The normalized spacial score (nSPS) is 12.2. The molecule has 0 bridgehead atoms. The van der Waals surface area contributed by atoms with Gasteiger partial charge in [0.2, 0.25) is 5.91 Å². The predicted octanol–water partition coefficient (Wildman–Crippen LogP) is -0.0770. The van der Waals surface area contributed by atoms with Crippen LogP contribution in [0.15, 0.2) is 29.4 Å². The van der Waals surface area contributed by atoms with Crippen LogP contribution in [0.3, 0.4) is 0 Å². The Morgan fingerprint density at radius 3 is 2.37 bits per heavy atom. The van der Waals surface area contributed by atoms with Gasteiger partial charge in [0.25, 0.3) is 0 Å². The van der Waals surface area contributed by atoms with E-state index in [9.17, 15) is 13.2 Å². The second-order valence-electron chi connectivity index (χ2n) is 3.65. The zero-order valence-corrected chi connectivity index (χ0v) is 11.3. The molecule has 0 aliphatic rings. The first-order chi connectivity index (χ1) is 8.88. The number of sulfone groups is 1. The minimum absolute atomic E-state index is 0.0820. The molecule has 0 unspecified atom stereocenters. The number of hydrogen-bond acceptors (Lipinski definition) is 6. The average Bonchev–Trinajstić information content (AvgIpc) is 2.36. The molecule has 1 aromatic rings. The largest absolute Gasteiger partial charge is 0.411 e. The number of benzene rings is 1. The van der Waals surface area contributed by atoms with Crippen LogP contribution >= 0.6 is 11.6 Å². The maximum Gasteiger partial charge on any atom is 0.249 e. The summed E-state index contributed by atoms with van der Waals surface area (Å²) < 4.78 is 23.4. The molecule has 4 N–H and O–H groups in total. The fourth-order valence-corrected chi connectivity index (χ4v) is 2.66. The number of hydrazine groups is 1. The first kappa shape index (κ1) is 15.4. The lowest BCUT2D eigenvalue weighted by Gasteiger charge is -2.06. The minimum Gasteiger partial charge on any atom is -0.411 e. The van der Waals surface area contributed by atoms with Crippen LogP contribution in [-0.2, 0) is 14.6 Å². The quantitative estimate of drug-likeness (QED) is 0.231. The summed E-state index contributed by atoms with van der Waals surface area (Å²) in [5.41, 5.74) is 2.03. The summed E-state index contributed by atoms with van der Waals surface area (Å²) in [5, 5.41) is 12.3. The van der Waals surface area contributed by atoms with E-state index in [0.717, 1.165) is 0 Å². The SMILES string of the molecule is NNC(=O)CS(=O)(=O)C/C(=N/O)c1ccc(Cl)cc1. The number of rotatable bonds is 5. The van der Waals surface area contributed by atoms with Gasteiger partial charge in [-0.1, -0.05) is 28.9 Å². The van der Waals surface area contributed by atoms with E-state index in [1.54, 1.807) is 5.43 Å². The number of amides is 1. The number of hydrogen-bond donors (Lipinski definition) is 3. The third kappa shape index (κ3) is 4.86. The van der Waals surface area contributed by atoms with Gasteiger partial charge >= 0.3 is 0 Å². The molecule has 0 radical (unpaired) electrons. The molecule has 0 heterocycles. The van der Waals surface area contributed by atoms with E-state index in [1.165, 1.54) is 24.3 Å². The van der Waals surface area contributed by atoms with Crippen molar-refractivity contribution in [2.75, 3.05) is 11.5 Å². The van der Waals surface area contributed by atoms with Crippen LogP contribution in [0.25, 0.3) is 0 Å².